The molecule has 1 atom stereocenters. The van der Waals surface area contributed by atoms with Gasteiger partial charge in [-0.1, -0.05) is 12.1 Å². The summed E-state index contributed by atoms with van der Waals surface area (Å²) in [5.74, 6) is 0.815. The lowest BCUT2D eigenvalue weighted by Crippen LogP contribution is -2.35. The molecular formula is C16H15NO4S2. The number of rotatable bonds is 2. The lowest BCUT2D eigenvalue weighted by atomic mass is 10.1. The topological polar surface area (TPSA) is 72.5 Å². The smallest absolute Gasteiger partial charge is 0.261 e. The molecule has 23 heavy (non-hydrogen) atoms. The third-order valence-corrected chi connectivity index (χ3v) is 7.09. The van der Waals surface area contributed by atoms with Crippen molar-refractivity contribution in [1.29, 1.82) is 0 Å². The predicted molar refractivity (Wildman–Crippen MR) is 88.6 cm³/mol. The van der Waals surface area contributed by atoms with Crippen molar-refractivity contribution in [2.24, 2.45) is 0 Å². The number of benzene rings is 1. The molecule has 1 amide bonds. The number of hydrogen-bond acceptors (Lipinski definition) is 5. The van der Waals surface area contributed by atoms with Gasteiger partial charge < -0.3 is 10.1 Å². The molecule has 0 saturated carbocycles. The Hall–Kier alpha value is -1.86. The summed E-state index contributed by atoms with van der Waals surface area (Å²) >= 11 is 1.43. The average molecular weight is 349 g/mol. The van der Waals surface area contributed by atoms with Gasteiger partial charge in [0.15, 0.2) is 9.84 Å². The minimum atomic E-state index is -3.00. The third-order valence-electron chi connectivity index (χ3n) is 4.12. The van der Waals surface area contributed by atoms with E-state index >= 15 is 0 Å². The van der Waals surface area contributed by atoms with Crippen LogP contribution in [0.5, 0.6) is 5.75 Å². The molecular weight excluding hydrogens is 334 g/mol. The maximum absolute atomic E-state index is 12.4. The van der Waals surface area contributed by atoms with Gasteiger partial charge in [0.25, 0.3) is 5.91 Å². The summed E-state index contributed by atoms with van der Waals surface area (Å²) in [4.78, 5) is 14.1. The molecule has 2 aromatic rings. The first-order chi connectivity index (χ1) is 11.0. The minimum absolute atomic E-state index is 0.0375. The van der Waals surface area contributed by atoms with Crippen LogP contribution < -0.4 is 10.1 Å². The van der Waals surface area contributed by atoms with E-state index in [0.29, 0.717) is 17.9 Å². The van der Waals surface area contributed by atoms with Crippen LogP contribution in [0.3, 0.4) is 0 Å². The van der Waals surface area contributed by atoms with E-state index in [-0.39, 0.29) is 23.5 Å². The van der Waals surface area contributed by atoms with Crippen LogP contribution >= 0.6 is 11.3 Å². The van der Waals surface area contributed by atoms with Crippen molar-refractivity contribution in [2.45, 2.75) is 19.1 Å². The Labute approximate surface area is 138 Å². The molecule has 0 unspecified atom stereocenters. The number of para-hydroxylation sites is 1. The Morgan fingerprint density at radius 2 is 2.13 bits per heavy atom. The fraction of sp³-hybridized carbons (Fsp3) is 0.312. The van der Waals surface area contributed by atoms with E-state index in [1.807, 2.05) is 30.3 Å². The summed E-state index contributed by atoms with van der Waals surface area (Å²) in [6.07, 6.45) is 0.491. The molecule has 5 nitrogen and oxygen atoms in total. The summed E-state index contributed by atoms with van der Waals surface area (Å²) < 4.78 is 28.7. The number of thiophene rings is 1. The van der Waals surface area contributed by atoms with Gasteiger partial charge in [0, 0.05) is 22.0 Å². The van der Waals surface area contributed by atoms with E-state index in [4.69, 9.17) is 4.74 Å². The Balaban J connectivity index is 1.58. The van der Waals surface area contributed by atoms with Gasteiger partial charge in [0.1, 0.15) is 12.4 Å². The number of hydrogen-bond donors (Lipinski definition) is 1. The lowest BCUT2D eigenvalue weighted by Gasteiger charge is -2.16. The zero-order chi connectivity index (χ0) is 16.0. The number of sulfone groups is 1. The van der Waals surface area contributed by atoms with Crippen LogP contribution in [0.4, 0.5) is 0 Å². The Morgan fingerprint density at radius 1 is 1.30 bits per heavy atom. The Morgan fingerprint density at radius 3 is 2.91 bits per heavy atom. The summed E-state index contributed by atoms with van der Waals surface area (Å²) in [5, 5.41) is 2.84. The van der Waals surface area contributed by atoms with Crippen LogP contribution in [0.1, 0.15) is 21.7 Å². The molecule has 0 radical (unpaired) electrons. The molecule has 1 fully saturated rings. The van der Waals surface area contributed by atoms with Gasteiger partial charge in [0.2, 0.25) is 0 Å². The van der Waals surface area contributed by atoms with E-state index in [9.17, 15) is 13.2 Å². The van der Waals surface area contributed by atoms with Gasteiger partial charge in [-0.05, 0) is 24.6 Å². The summed E-state index contributed by atoms with van der Waals surface area (Å²) in [5.41, 5.74) is 2.00. The Bertz CT molecular complexity index is 885. The van der Waals surface area contributed by atoms with Crippen molar-refractivity contribution in [3.63, 3.8) is 0 Å². The molecule has 0 spiro atoms. The molecule has 4 rings (SSSR count). The zero-order valence-corrected chi connectivity index (χ0v) is 13.9. The second kappa shape index (κ2) is 5.35. The van der Waals surface area contributed by atoms with Crippen LogP contribution in [0.2, 0.25) is 0 Å². The maximum Gasteiger partial charge on any atom is 0.261 e. The van der Waals surface area contributed by atoms with Crippen LogP contribution in [0.25, 0.3) is 10.4 Å². The predicted octanol–water partition coefficient (Wildman–Crippen LogP) is 2.22. The fourth-order valence-electron chi connectivity index (χ4n) is 2.98. The van der Waals surface area contributed by atoms with Crippen LogP contribution in [-0.2, 0) is 16.4 Å². The molecule has 1 N–H and O–H groups in total. The largest absolute Gasteiger partial charge is 0.488 e. The number of carbonyl (C=O) groups excluding carboxylic acids is 1. The third kappa shape index (κ3) is 2.74. The average Bonchev–Trinajstić information content (AvgIpc) is 3.10. The number of amides is 1. The summed E-state index contributed by atoms with van der Waals surface area (Å²) in [6, 6.07) is 9.33. The number of nitrogens with one attached hydrogen (secondary N) is 1. The zero-order valence-electron chi connectivity index (χ0n) is 12.2. The van der Waals surface area contributed by atoms with Gasteiger partial charge in [0.05, 0.1) is 16.4 Å². The van der Waals surface area contributed by atoms with Crippen molar-refractivity contribution >= 4 is 27.1 Å². The maximum atomic E-state index is 12.4. The van der Waals surface area contributed by atoms with Gasteiger partial charge >= 0.3 is 0 Å². The van der Waals surface area contributed by atoms with Crippen LogP contribution in [0.15, 0.2) is 30.3 Å². The van der Waals surface area contributed by atoms with Crippen molar-refractivity contribution in [1.82, 2.24) is 5.32 Å². The van der Waals surface area contributed by atoms with Crippen LogP contribution in [0, 0.1) is 0 Å². The fourth-order valence-corrected chi connectivity index (χ4v) is 5.75. The molecule has 0 bridgehead atoms. The van der Waals surface area contributed by atoms with Crippen molar-refractivity contribution in [3.8, 4) is 16.2 Å². The highest BCUT2D eigenvalue weighted by molar-refractivity contribution is 7.91. The molecule has 1 aromatic carbocycles. The van der Waals surface area contributed by atoms with E-state index in [2.05, 4.69) is 5.32 Å². The quantitative estimate of drug-likeness (QED) is 0.902. The van der Waals surface area contributed by atoms with E-state index in [0.717, 1.165) is 21.8 Å². The normalized spacial score (nSPS) is 21.1. The highest BCUT2D eigenvalue weighted by atomic mass is 32.2. The molecule has 0 aliphatic carbocycles. The first-order valence-corrected chi connectivity index (χ1v) is 10.0. The van der Waals surface area contributed by atoms with Gasteiger partial charge in [-0.15, -0.1) is 11.3 Å². The molecule has 3 heterocycles. The standard InChI is InChI=1S/C16H15NO4S2/c18-16(17-11-5-6-23(19,20)9-11)14-7-10-8-21-13-4-2-1-3-12(13)15(10)22-14/h1-4,7,11H,5-6,8-9H2,(H,17,18)/t11-/m1/s1. The van der Waals surface area contributed by atoms with Crippen molar-refractivity contribution in [3.05, 3.63) is 40.8 Å². The summed E-state index contributed by atoms with van der Waals surface area (Å²) in [7, 11) is -3.00. The van der Waals surface area contributed by atoms with Crippen molar-refractivity contribution < 1.29 is 17.9 Å². The van der Waals surface area contributed by atoms with Gasteiger partial charge in [-0.25, -0.2) is 8.42 Å². The SMILES string of the molecule is O=C(N[C@@H]1CCS(=O)(=O)C1)c1cc2c(s1)-c1ccccc1OC2. The lowest BCUT2D eigenvalue weighted by molar-refractivity contribution is 0.0945. The van der Waals surface area contributed by atoms with Gasteiger partial charge in [-0.3, -0.25) is 4.79 Å². The number of ether oxygens (including phenoxy) is 1. The highest BCUT2D eigenvalue weighted by Gasteiger charge is 2.30. The monoisotopic (exact) mass is 349 g/mol. The second-order valence-corrected chi connectivity index (χ2v) is 9.10. The van der Waals surface area contributed by atoms with Crippen molar-refractivity contribution in [2.75, 3.05) is 11.5 Å². The second-order valence-electron chi connectivity index (χ2n) is 5.82. The van der Waals surface area contributed by atoms with E-state index < -0.39 is 9.84 Å². The van der Waals surface area contributed by atoms with E-state index in [1.165, 1.54) is 11.3 Å². The van der Waals surface area contributed by atoms with Crippen LogP contribution in [-0.4, -0.2) is 31.9 Å². The molecule has 2 aliphatic heterocycles. The number of carbonyl (C=O) groups is 1. The first-order valence-electron chi connectivity index (χ1n) is 7.38. The Kier molecular flexibility index (Phi) is 3.42. The highest BCUT2D eigenvalue weighted by Crippen LogP contribution is 2.42. The molecule has 7 heteroatoms. The first kappa shape index (κ1) is 14.7. The molecule has 120 valence electrons. The molecule has 1 aromatic heterocycles. The number of fused-ring (bicyclic) bond motifs is 3. The summed E-state index contributed by atoms with van der Waals surface area (Å²) in [6.45, 7) is 0.452. The van der Waals surface area contributed by atoms with Gasteiger partial charge in [-0.2, -0.15) is 0 Å². The molecule has 2 aliphatic rings. The molecule has 1 saturated heterocycles. The van der Waals surface area contributed by atoms with E-state index in [1.54, 1.807) is 0 Å². The minimum Gasteiger partial charge on any atom is -0.488 e.